The fraction of sp³-hybridized carbons (Fsp3) is 0.0714. The SMILES string of the molecule is O=S(=O)(O)C(F)(F)F.S=c1c2ccccc2oc2ccc(S)cc12. The van der Waals surface area contributed by atoms with Gasteiger partial charge in [0.2, 0.25) is 0 Å². The molecule has 0 fully saturated rings. The number of halogens is 3. The van der Waals surface area contributed by atoms with Crippen molar-refractivity contribution in [2.24, 2.45) is 0 Å². The summed E-state index contributed by atoms with van der Waals surface area (Å²) >= 11 is 9.77. The number of fused-ring (bicyclic) bond motifs is 2. The van der Waals surface area contributed by atoms with Crippen molar-refractivity contribution in [2.45, 2.75) is 10.4 Å². The molecular formula is C14H9F3O4S3. The lowest BCUT2D eigenvalue weighted by atomic mass is 10.1. The number of benzene rings is 2. The highest BCUT2D eigenvalue weighted by atomic mass is 32.2. The Kier molecular flexibility index (Phi) is 5.23. The Hall–Kier alpha value is -1.62. The molecule has 4 nitrogen and oxygen atoms in total. The van der Waals surface area contributed by atoms with Crippen molar-refractivity contribution in [3.63, 3.8) is 0 Å². The molecule has 0 atom stereocenters. The van der Waals surface area contributed by atoms with Crippen molar-refractivity contribution in [1.29, 1.82) is 0 Å². The molecule has 0 aliphatic carbocycles. The van der Waals surface area contributed by atoms with Crippen LogP contribution in [0.15, 0.2) is 51.8 Å². The van der Waals surface area contributed by atoms with Crippen LogP contribution in [0.1, 0.15) is 0 Å². The van der Waals surface area contributed by atoms with Crippen LogP contribution < -0.4 is 0 Å². The smallest absolute Gasteiger partial charge is 0.456 e. The van der Waals surface area contributed by atoms with E-state index in [9.17, 15) is 13.2 Å². The first-order chi connectivity index (χ1) is 11.0. The Morgan fingerprint density at radius 3 is 2.17 bits per heavy atom. The van der Waals surface area contributed by atoms with Crippen molar-refractivity contribution in [1.82, 2.24) is 0 Å². The second-order valence-corrected chi connectivity index (χ2v) is 6.87. The zero-order valence-corrected chi connectivity index (χ0v) is 14.1. The van der Waals surface area contributed by atoms with Crippen molar-refractivity contribution in [3.05, 3.63) is 47.0 Å². The molecule has 1 N–H and O–H groups in total. The first-order valence-corrected chi connectivity index (χ1v) is 8.48. The fourth-order valence-corrected chi connectivity index (χ4v) is 2.32. The highest BCUT2D eigenvalue weighted by Gasteiger charge is 2.44. The monoisotopic (exact) mass is 394 g/mol. The number of rotatable bonds is 0. The predicted octanol–water partition coefficient (Wildman–Crippen LogP) is 5.00. The summed E-state index contributed by atoms with van der Waals surface area (Å²) in [4.78, 5) is 0.893. The van der Waals surface area contributed by atoms with Gasteiger partial charge in [-0.25, -0.2) is 0 Å². The van der Waals surface area contributed by atoms with Gasteiger partial charge < -0.3 is 4.42 Å². The quantitative estimate of drug-likeness (QED) is 0.185. The molecule has 24 heavy (non-hydrogen) atoms. The zero-order valence-electron chi connectivity index (χ0n) is 11.6. The highest BCUT2D eigenvalue weighted by molar-refractivity contribution is 7.86. The van der Waals surface area contributed by atoms with Crippen molar-refractivity contribution < 1.29 is 30.6 Å². The molecular weight excluding hydrogens is 385 g/mol. The minimum absolute atomic E-state index is 0.807. The average Bonchev–Trinajstić information content (AvgIpc) is 2.47. The van der Waals surface area contributed by atoms with Gasteiger partial charge in [0.05, 0.1) is 4.51 Å². The van der Waals surface area contributed by atoms with Gasteiger partial charge in [-0.15, -0.1) is 12.6 Å². The standard InChI is InChI=1S/C13H8OS2.CHF3O3S/c15-8-5-6-12-10(7-8)13(16)9-3-1-2-4-11(9)14-12;2-1(3,4)8(5,6)7/h1-7,15H;(H,5,6,7). The summed E-state index contributed by atoms with van der Waals surface area (Å²) in [5, 5.41) is 1.92. The van der Waals surface area contributed by atoms with Crippen LogP contribution in [-0.4, -0.2) is 18.5 Å². The summed E-state index contributed by atoms with van der Waals surface area (Å²) in [6, 6.07) is 13.6. The Labute approximate surface area is 145 Å². The van der Waals surface area contributed by atoms with E-state index in [-0.39, 0.29) is 0 Å². The van der Waals surface area contributed by atoms with Crippen LogP contribution >= 0.6 is 24.8 Å². The van der Waals surface area contributed by atoms with E-state index < -0.39 is 15.6 Å². The van der Waals surface area contributed by atoms with Gasteiger partial charge in [0.15, 0.2) is 0 Å². The van der Waals surface area contributed by atoms with Gasteiger partial charge >= 0.3 is 15.6 Å². The van der Waals surface area contributed by atoms with Crippen molar-refractivity contribution in [2.75, 3.05) is 0 Å². The molecule has 0 unspecified atom stereocenters. The molecule has 3 rings (SSSR count). The van der Waals surface area contributed by atoms with Gasteiger partial charge in [0.25, 0.3) is 0 Å². The normalized spacial score (nSPS) is 12.0. The van der Waals surface area contributed by atoms with E-state index >= 15 is 0 Å². The van der Waals surface area contributed by atoms with Crippen molar-refractivity contribution >= 4 is 56.9 Å². The average molecular weight is 394 g/mol. The Balaban J connectivity index is 0.000000224. The Morgan fingerprint density at radius 1 is 1.04 bits per heavy atom. The number of hydrogen-bond donors (Lipinski definition) is 2. The molecule has 128 valence electrons. The molecule has 2 aromatic carbocycles. The van der Waals surface area contributed by atoms with E-state index in [1.54, 1.807) is 0 Å². The maximum Gasteiger partial charge on any atom is 0.522 e. The maximum absolute atomic E-state index is 10.7. The third-order valence-corrected chi connectivity index (χ3v) is 4.15. The van der Waals surface area contributed by atoms with Gasteiger partial charge in [0.1, 0.15) is 11.2 Å². The van der Waals surface area contributed by atoms with Crippen LogP contribution in [0, 0.1) is 4.51 Å². The Morgan fingerprint density at radius 2 is 1.58 bits per heavy atom. The summed E-state index contributed by atoms with van der Waals surface area (Å²) in [5.74, 6) is 0. The van der Waals surface area contributed by atoms with Gasteiger partial charge in [-0.1, -0.05) is 24.4 Å². The number of hydrogen-bond acceptors (Lipinski definition) is 5. The summed E-state index contributed by atoms with van der Waals surface area (Å²) < 4.78 is 64.1. The molecule has 0 amide bonds. The number of thiol groups is 1. The second-order valence-electron chi connectivity index (χ2n) is 4.53. The third-order valence-electron chi connectivity index (χ3n) is 2.85. The third kappa shape index (κ3) is 4.07. The van der Waals surface area contributed by atoms with Crippen LogP contribution in [0.5, 0.6) is 0 Å². The van der Waals surface area contributed by atoms with Crippen LogP contribution in [0.2, 0.25) is 0 Å². The molecule has 0 radical (unpaired) electrons. The molecule has 0 bridgehead atoms. The summed E-state index contributed by atoms with van der Waals surface area (Å²) in [5.41, 5.74) is -3.90. The van der Waals surface area contributed by atoms with Crippen LogP contribution in [0.4, 0.5) is 13.2 Å². The van der Waals surface area contributed by atoms with E-state index in [4.69, 9.17) is 29.6 Å². The molecule has 0 saturated heterocycles. The molecule has 10 heteroatoms. The molecule has 1 heterocycles. The van der Waals surface area contributed by atoms with Crippen LogP contribution in [-0.2, 0) is 10.1 Å². The van der Waals surface area contributed by atoms with E-state index in [2.05, 4.69) is 12.6 Å². The fourth-order valence-electron chi connectivity index (χ4n) is 1.79. The van der Waals surface area contributed by atoms with Crippen LogP contribution in [0.3, 0.4) is 0 Å². The lowest BCUT2D eigenvalue weighted by molar-refractivity contribution is -0.0510. The zero-order chi connectivity index (χ0) is 18.1. The topological polar surface area (TPSA) is 67.5 Å². The number of alkyl halides is 3. The van der Waals surface area contributed by atoms with Crippen molar-refractivity contribution in [3.8, 4) is 0 Å². The van der Waals surface area contributed by atoms with Gasteiger partial charge in [-0.2, -0.15) is 21.6 Å². The largest absolute Gasteiger partial charge is 0.522 e. The first-order valence-electron chi connectivity index (χ1n) is 6.19. The first kappa shape index (κ1) is 18.7. The molecule has 1 aromatic heterocycles. The van der Waals surface area contributed by atoms with E-state index in [0.717, 1.165) is 31.3 Å². The highest BCUT2D eigenvalue weighted by Crippen LogP contribution is 2.26. The molecule has 0 spiro atoms. The number of para-hydroxylation sites is 1. The molecule has 0 aliphatic rings. The van der Waals surface area contributed by atoms with E-state index in [1.807, 2.05) is 42.5 Å². The summed E-state index contributed by atoms with van der Waals surface area (Å²) in [6.45, 7) is 0. The van der Waals surface area contributed by atoms with E-state index in [1.165, 1.54) is 0 Å². The summed E-state index contributed by atoms with van der Waals surface area (Å²) in [6.07, 6.45) is 0. The van der Waals surface area contributed by atoms with E-state index in [0.29, 0.717) is 0 Å². The van der Waals surface area contributed by atoms with Gasteiger partial charge in [-0.05, 0) is 30.3 Å². The summed E-state index contributed by atoms with van der Waals surface area (Å²) in [7, 11) is -5.84. The minimum Gasteiger partial charge on any atom is -0.456 e. The maximum atomic E-state index is 10.7. The lowest BCUT2D eigenvalue weighted by Gasteiger charge is -2.02. The lowest BCUT2D eigenvalue weighted by Crippen LogP contribution is -2.21. The van der Waals surface area contributed by atoms with Crippen LogP contribution in [0.25, 0.3) is 21.9 Å². The van der Waals surface area contributed by atoms with Gasteiger partial charge in [0, 0.05) is 15.7 Å². The molecule has 3 aromatic rings. The second kappa shape index (κ2) is 6.71. The molecule has 0 saturated carbocycles. The minimum atomic E-state index is -5.84. The Bertz CT molecular complexity index is 1060. The molecule has 0 aliphatic heterocycles. The van der Waals surface area contributed by atoms with Gasteiger partial charge in [-0.3, -0.25) is 4.55 Å². The predicted molar refractivity (Wildman–Crippen MR) is 89.4 cm³/mol.